The number of carboxylic acid groups (broad SMARTS) is 1. The van der Waals surface area contributed by atoms with Gasteiger partial charge >= 0.3 is 11.9 Å². The molecular weight excluding hydrogens is 402 g/mol. The molecule has 0 aliphatic rings. The summed E-state index contributed by atoms with van der Waals surface area (Å²) >= 11 is 0. The van der Waals surface area contributed by atoms with E-state index in [4.69, 9.17) is 9.57 Å². The third kappa shape index (κ3) is 6.05. The Bertz CT molecular complexity index is 898. The number of ether oxygens (including phenoxy) is 1. The van der Waals surface area contributed by atoms with Gasteiger partial charge in [-0.3, -0.25) is 4.79 Å². The monoisotopic (exact) mass is 429 g/mol. The van der Waals surface area contributed by atoms with Gasteiger partial charge < -0.3 is 19.8 Å². The van der Waals surface area contributed by atoms with E-state index < -0.39 is 30.5 Å². The molecule has 0 aliphatic heterocycles. The van der Waals surface area contributed by atoms with Crippen molar-refractivity contribution in [1.82, 2.24) is 5.06 Å². The summed E-state index contributed by atoms with van der Waals surface area (Å²) in [4.78, 5) is 42.2. The molecule has 0 saturated heterocycles. The van der Waals surface area contributed by atoms with Gasteiger partial charge in [-0.05, 0) is 18.1 Å². The van der Waals surface area contributed by atoms with Gasteiger partial charge in [-0.1, -0.05) is 62.7 Å². The van der Waals surface area contributed by atoms with Crippen LogP contribution in [0, 0.1) is 0 Å². The Hall–Kier alpha value is -3.39. The number of benzene rings is 2. The lowest BCUT2D eigenvalue weighted by Gasteiger charge is -2.26. The first kappa shape index (κ1) is 23.9. The first-order valence-corrected chi connectivity index (χ1v) is 10.1. The molecular formula is C23H27NO7. The Kier molecular flexibility index (Phi) is 9.02. The lowest BCUT2D eigenvalue weighted by atomic mass is 9.99. The van der Waals surface area contributed by atoms with Crippen LogP contribution >= 0.6 is 0 Å². The average molecular weight is 429 g/mol. The van der Waals surface area contributed by atoms with Crippen molar-refractivity contribution in [3.63, 3.8) is 0 Å². The van der Waals surface area contributed by atoms with Crippen molar-refractivity contribution in [2.45, 2.75) is 39.2 Å². The fourth-order valence-electron chi connectivity index (χ4n) is 2.88. The molecule has 1 amide bonds. The molecule has 0 fully saturated rings. The number of rotatable bonds is 10. The number of hydrogen-bond acceptors (Lipinski definition) is 6. The Labute approximate surface area is 181 Å². The number of hydrogen-bond donors (Lipinski definition) is 2. The van der Waals surface area contributed by atoms with E-state index in [1.165, 1.54) is 6.92 Å². The summed E-state index contributed by atoms with van der Waals surface area (Å²) < 4.78 is 5.79. The number of carbonyl (C=O) groups is 3. The molecule has 1 atom stereocenters. The molecule has 0 aromatic heterocycles. The second-order valence-corrected chi connectivity index (χ2v) is 6.74. The summed E-state index contributed by atoms with van der Waals surface area (Å²) in [5.74, 6) is -2.93. The molecule has 8 nitrogen and oxygen atoms in total. The number of amides is 1. The van der Waals surface area contributed by atoms with Crippen LogP contribution < -0.4 is 4.74 Å². The lowest BCUT2D eigenvalue weighted by Crippen LogP contribution is -2.48. The molecule has 166 valence electrons. The Morgan fingerprint density at radius 1 is 1.03 bits per heavy atom. The Morgan fingerprint density at radius 2 is 1.74 bits per heavy atom. The highest BCUT2D eigenvalue weighted by Gasteiger charge is 2.34. The number of unbranched alkanes of at least 4 members (excludes halogenated alkanes) is 1. The third-order valence-corrected chi connectivity index (χ3v) is 4.54. The van der Waals surface area contributed by atoms with Crippen molar-refractivity contribution in [3.05, 3.63) is 54.1 Å². The number of carboxylic acids is 1. The van der Waals surface area contributed by atoms with E-state index in [2.05, 4.69) is 0 Å². The summed E-state index contributed by atoms with van der Waals surface area (Å²) in [6.07, 6.45) is 1.56. The summed E-state index contributed by atoms with van der Waals surface area (Å²) in [5.41, 5.74) is 1.31. The van der Waals surface area contributed by atoms with Gasteiger partial charge in [-0.2, -0.15) is 5.06 Å². The van der Waals surface area contributed by atoms with Crippen LogP contribution in [0.1, 0.15) is 43.5 Å². The van der Waals surface area contributed by atoms with E-state index in [1.54, 1.807) is 18.2 Å². The maximum atomic E-state index is 13.2. The SMILES string of the molecule is CCCCOc1cccc(-c2ccccc2)c1C(=O)ON(C(=O)CC)[C@@H](CO)C(=O)O. The van der Waals surface area contributed by atoms with E-state index in [9.17, 15) is 24.6 Å². The minimum absolute atomic E-state index is 0.0702. The van der Waals surface area contributed by atoms with Gasteiger partial charge in [0.05, 0.1) is 13.2 Å². The fourth-order valence-corrected chi connectivity index (χ4v) is 2.88. The molecule has 2 aromatic carbocycles. The number of aliphatic hydroxyl groups is 1. The second kappa shape index (κ2) is 11.7. The van der Waals surface area contributed by atoms with Gasteiger partial charge in [0.1, 0.15) is 11.3 Å². The highest BCUT2D eigenvalue weighted by molar-refractivity contribution is 6.00. The largest absolute Gasteiger partial charge is 0.493 e. The molecule has 0 bridgehead atoms. The first-order valence-electron chi connectivity index (χ1n) is 10.1. The van der Waals surface area contributed by atoms with Crippen LogP contribution in [0.4, 0.5) is 0 Å². The van der Waals surface area contributed by atoms with Gasteiger partial charge in [-0.15, -0.1) is 0 Å². The van der Waals surface area contributed by atoms with Crippen LogP contribution in [0.25, 0.3) is 11.1 Å². The zero-order chi connectivity index (χ0) is 22.8. The highest BCUT2D eigenvalue weighted by atomic mass is 16.7. The van der Waals surface area contributed by atoms with Gasteiger partial charge in [-0.25, -0.2) is 9.59 Å². The average Bonchev–Trinajstić information content (AvgIpc) is 2.78. The molecule has 2 aromatic rings. The van der Waals surface area contributed by atoms with Gasteiger partial charge in [0, 0.05) is 12.0 Å². The molecule has 8 heteroatoms. The van der Waals surface area contributed by atoms with Crippen LogP contribution in [-0.2, 0) is 14.4 Å². The predicted octanol–water partition coefficient (Wildman–Crippen LogP) is 3.29. The number of nitrogens with zero attached hydrogens (tertiary/aromatic N) is 1. The number of hydroxylamine groups is 2. The number of aliphatic carboxylic acids is 1. The van der Waals surface area contributed by atoms with Crippen LogP contribution in [0.3, 0.4) is 0 Å². The minimum Gasteiger partial charge on any atom is -0.493 e. The van der Waals surface area contributed by atoms with Crippen LogP contribution in [0.5, 0.6) is 5.75 Å². The zero-order valence-electron chi connectivity index (χ0n) is 17.6. The first-order chi connectivity index (χ1) is 14.9. The molecule has 0 spiro atoms. The van der Waals surface area contributed by atoms with Crippen molar-refractivity contribution in [3.8, 4) is 16.9 Å². The van der Waals surface area contributed by atoms with E-state index >= 15 is 0 Å². The Balaban J connectivity index is 2.50. The molecule has 2 N–H and O–H groups in total. The van der Waals surface area contributed by atoms with Gasteiger partial charge in [0.25, 0.3) is 5.91 Å². The molecule has 2 rings (SSSR count). The number of aliphatic hydroxyl groups excluding tert-OH is 1. The highest BCUT2D eigenvalue weighted by Crippen LogP contribution is 2.32. The lowest BCUT2D eigenvalue weighted by molar-refractivity contribution is -0.190. The van der Waals surface area contributed by atoms with E-state index in [0.717, 1.165) is 18.4 Å². The summed E-state index contributed by atoms with van der Waals surface area (Å²) in [5, 5.41) is 19.2. The topological polar surface area (TPSA) is 113 Å². The standard InChI is InChI=1S/C23H27NO7/c1-3-5-14-30-19-13-9-12-17(16-10-7-6-8-11-16)21(19)23(29)31-24(20(26)4-2)18(15-25)22(27)28/h6-13,18,25H,3-5,14-15H2,1-2H3,(H,27,28)/t18-/m0/s1. The van der Waals surface area contributed by atoms with Gasteiger partial charge in [0.15, 0.2) is 6.04 Å². The molecule has 31 heavy (non-hydrogen) atoms. The van der Waals surface area contributed by atoms with Crippen molar-refractivity contribution < 1.29 is 34.2 Å². The maximum Gasteiger partial charge on any atom is 0.367 e. The van der Waals surface area contributed by atoms with Crippen LogP contribution in [-0.4, -0.2) is 52.4 Å². The van der Waals surface area contributed by atoms with Crippen molar-refractivity contribution in [1.29, 1.82) is 0 Å². The molecule has 0 unspecified atom stereocenters. The molecule has 0 heterocycles. The summed E-state index contributed by atoms with van der Waals surface area (Å²) in [7, 11) is 0. The number of carbonyl (C=O) groups excluding carboxylic acids is 2. The second-order valence-electron chi connectivity index (χ2n) is 6.74. The van der Waals surface area contributed by atoms with Crippen molar-refractivity contribution >= 4 is 17.8 Å². The Morgan fingerprint density at radius 3 is 2.32 bits per heavy atom. The smallest absolute Gasteiger partial charge is 0.367 e. The normalized spacial score (nSPS) is 11.5. The predicted molar refractivity (Wildman–Crippen MR) is 113 cm³/mol. The minimum atomic E-state index is -1.72. The zero-order valence-corrected chi connectivity index (χ0v) is 17.6. The molecule has 0 saturated carbocycles. The van der Waals surface area contributed by atoms with Crippen LogP contribution in [0.2, 0.25) is 0 Å². The maximum absolute atomic E-state index is 13.2. The fraction of sp³-hybridized carbons (Fsp3) is 0.348. The third-order valence-electron chi connectivity index (χ3n) is 4.54. The van der Waals surface area contributed by atoms with Crippen molar-refractivity contribution in [2.24, 2.45) is 0 Å². The van der Waals surface area contributed by atoms with E-state index in [0.29, 0.717) is 17.2 Å². The van der Waals surface area contributed by atoms with Crippen LogP contribution in [0.15, 0.2) is 48.5 Å². The van der Waals surface area contributed by atoms with E-state index in [1.807, 2.05) is 37.3 Å². The summed E-state index contributed by atoms with van der Waals surface area (Å²) in [6, 6.07) is 12.4. The molecule has 0 aliphatic carbocycles. The quantitative estimate of drug-likeness (QED) is 0.440. The summed E-state index contributed by atoms with van der Waals surface area (Å²) in [6.45, 7) is 2.97. The molecule has 0 radical (unpaired) electrons. The van der Waals surface area contributed by atoms with Gasteiger partial charge in [0.2, 0.25) is 0 Å². The van der Waals surface area contributed by atoms with E-state index in [-0.39, 0.29) is 17.7 Å². The van der Waals surface area contributed by atoms with Crippen molar-refractivity contribution in [2.75, 3.05) is 13.2 Å².